The van der Waals surface area contributed by atoms with E-state index in [0.29, 0.717) is 13.1 Å². The monoisotopic (exact) mass is 314 g/mol. The summed E-state index contributed by atoms with van der Waals surface area (Å²) in [4.78, 5) is 26.9. The molecule has 3 rings (SSSR count). The maximum absolute atomic E-state index is 12.3. The number of piperidine rings is 1. The quantitative estimate of drug-likeness (QED) is 0.808. The molecule has 1 atom stereocenters. The van der Waals surface area contributed by atoms with Gasteiger partial charge in [0.1, 0.15) is 5.82 Å². The van der Waals surface area contributed by atoms with Gasteiger partial charge >= 0.3 is 0 Å². The van der Waals surface area contributed by atoms with Crippen LogP contribution in [0.3, 0.4) is 0 Å². The zero-order chi connectivity index (χ0) is 15.9. The molecule has 7 heteroatoms. The normalized spacial score (nSPS) is 17.9. The lowest BCUT2D eigenvalue weighted by Gasteiger charge is -2.32. The van der Waals surface area contributed by atoms with Crippen LogP contribution >= 0.6 is 0 Å². The second kappa shape index (κ2) is 7.71. The van der Waals surface area contributed by atoms with Gasteiger partial charge in [-0.15, -0.1) is 0 Å². The van der Waals surface area contributed by atoms with Crippen LogP contribution in [-0.4, -0.2) is 45.1 Å². The minimum absolute atomic E-state index is 0.0269. The number of nitrogens with one attached hydrogen (secondary N) is 1. The Hall–Kier alpha value is -2.44. The van der Waals surface area contributed by atoms with Crippen LogP contribution in [0.15, 0.2) is 37.3 Å². The molecule has 2 aromatic rings. The summed E-state index contributed by atoms with van der Waals surface area (Å²) < 4.78 is 2.02. The SMILES string of the molecule is O=C(NCCCn1ccnc1)[C@H]1CCCN(c2cnccn2)C1. The molecule has 23 heavy (non-hydrogen) atoms. The molecule has 1 fully saturated rings. The topological polar surface area (TPSA) is 75.9 Å². The van der Waals surface area contributed by atoms with Crippen LogP contribution in [-0.2, 0) is 11.3 Å². The molecule has 1 aliphatic rings. The van der Waals surface area contributed by atoms with Gasteiger partial charge in [-0.25, -0.2) is 9.97 Å². The van der Waals surface area contributed by atoms with Crippen molar-refractivity contribution in [1.29, 1.82) is 0 Å². The molecule has 2 aromatic heterocycles. The Morgan fingerprint density at radius 3 is 3.04 bits per heavy atom. The van der Waals surface area contributed by atoms with E-state index in [9.17, 15) is 4.79 Å². The summed E-state index contributed by atoms with van der Waals surface area (Å²) in [5.41, 5.74) is 0. The number of carbonyl (C=O) groups is 1. The number of amides is 1. The molecule has 0 bridgehead atoms. The summed E-state index contributed by atoms with van der Waals surface area (Å²) in [5, 5.41) is 3.05. The molecule has 1 amide bonds. The van der Waals surface area contributed by atoms with Crippen molar-refractivity contribution in [1.82, 2.24) is 24.8 Å². The molecule has 7 nitrogen and oxygen atoms in total. The molecule has 0 saturated carbocycles. The fourth-order valence-electron chi connectivity index (χ4n) is 2.89. The van der Waals surface area contributed by atoms with Gasteiger partial charge in [-0.05, 0) is 19.3 Å². The number of nitrogens with zero attached hydrogens (tertiary/aromatic N) is 5. The first-order chi connectivity index (χ1) is 11.3. The maximum Gasteiger partial charge on any atom is 0.224 e. The highest BCUT2D eigenvalue weighted by Gasteiger charge is 2.26. The summed E-state index contributed by atoms with van der Waals surface area (Å²) in [5.74, 6) is 1.02. The van der Waals surface area contributed by atoms with Crippen molar-refractivity contribution in [3.8, 4) is 0 Å². The van der Waals surface area contributed by atoms with Crippen molar-refractivity contribution < 1.29 is 4.79 Å². The average molecular weight is 314 g/mol. The highest BCUT2D eigenvalue weighted by Crippen LogP contribution is 2.20. The smallest absolute Gasteiger partial charge is 0.224 e. The molecule has 1 saturated heterocycles. The number of rotatable bonds is 6. The molecule has 0 radical (unpaired) electrons. The Labute approximate surface area is 135 Å². The van der Waals surface area contributed by atoms with Crippen molar-refractivity contribution >= 4 is 11.7 Å². The molecule has 0 unspecified atom stereocenters. The predicted octanol–water partition coefficient (Wildman–Crippen LogP) is 1.10. The lowest BCUT2D eigenvalue weighted by Crippen LogP contribution is -2.43. The number of hydrogen-bond donors (Lipinski definition) is 1. The number of imidazole rings is 1. The summed E-state index contributed by atoms with van der Waals surface area (Å²) in [6.07, 6.45) is 13.4. The molecule has 3 heterocycles. The molecule has 0 spiro atoms. The van der Waals surface area contributed by atoms with E-state index in [1.165, 1.54) is 0 Å². The van der Waals surface area contributed by atoms with E-state index in [0.717, 1.165) is 38.2 Å². The standard InChI is InChI=1S/C16H22N6O/c23-16(20-4-2-8-21-10-7-18-13-21)14-3-1-9-22(12-14)15-11-17-5-6-19-15/h5-7,10-11,13-14H,1-4,8-9,12H2,(H,20,23)/t14-/m0/s1. The summed E-state index contributed by atoms with van der Waals surface area (Å²) >= 11 is 0. The zero-order valence-corrected chi connectivity index (χ0v) is 13.1. The Morgan fingerprint density at radius 2 is 2.26 bits per heavy atom. The average Bonchev–Trinajstić information content (AvgIpc) is 3.13. The van der Waals surface area contributed by atoms with Gasteiger partial charge in [0.15, 0.2) is 0 Å². The van der Waals surface area contributed by atoms with Gasteiger partial charge in [0, 0.05) is 51.0 Å². The first kappa shape index (κ1) is 15.5. The van der Waals surface area contributed by atoms with E-state index in [1.807, 2.05) is 10.8 Å². The third-order valence-electron chi connectivity index (χ3n) is 4.12. The molecular weight excluding hydrogens is 292 g/mol. The van der Waals surface area contributed by atoms with Crippen LogP contribution in [0.25, 0.3) is 0 Å². The van der Waals surface area contributed by atoms with E-state index in [1.54, 1.807) is 31.1 Å². The minimum atomic E-state index is 0.0269. The Balaban J connectivity index is 1.43. The molecule has 1 aliphatic heterocycles. The second-order valence-electron chi connectivity index (χ2n) is 5.79. The van der Waals surface area contributed by atoms with E-state index < -0.39 is 0 Å². The largest absolute Gasteiger partial charge is 0.356 e. The lowest BCUT2D eigenvalue weighted by atomic mass is 9.97. The van der Waals surface area contributed by atoms with Gasteiger partial charge in [-0.3, -0.25) is 9.78 Å². The molecular formula is C16H22N6O. The third kappa shape index (κ3) is 4.28. The number of carbonyl (C=O) groups excluding carboxylic acids is 1. The fraction of sp³-hybridized carbons (Fsp3) is 0.500. The highest BCUT2D eigenvalue weighted by molar-refractivity contribution is 5.79. The Kier molecular flexibility index (Phi) is 5.18. The van der Waals surface area contributed by atoms with E-state index in [2.05, 4.69) is 25.2 Å². The van der Waals surface area contributed by atoms with Gasteiger partial charge in [-0.1, -0.05) is 0 Å². The van der Waals surface area contributed by atoms with Gasteiger partial charge in [0.2, 0.25) is 5.91 Å². The van der Waals surface area contributed by atoms with Crippen molar-refractivity contribution in [3.05, 3.63) is 37.3 Å². The number of hydrogen-bond acceptors (Lipinski definition) is 5. The lowest BCUT2D eigenvalue weighted by molar-refractivity contribution is -0.125. The van der Waals surface area contributed by atoms with Gasteiger partial charge < -0.3 is 14.8 Å². The van der Waals surface area contributed by atoms with Crippen LogP contribution in [0.2, 0.25) is 0 Å². The van der Waals surface area contributed by atoms with Gasteiger partial charge in [0.05, 0.1) is 18.4 Å². The Bertz CT molecular complexity index is 600. The van der Waals surface area contributed by atoms with Crippen molar-refractivity contribution in [3.63, 3.8) is 0 Å². The van der Waals surface area contributed by atoms with Crippen molar-refractivity contribution in [2.45, 2.75) is 25.8 Å². The van der Waals surface area contributed by atoms with Crippen LogP contribution in [0, 0.1) is 5.92 Å². The number of anilines is 1. The van der Waals surface area contributed by atoms with Crippen LogP contribution in [0.4, 0.5) is 5.82 Å². The second-order valence-corrected chi connectivity index (χ2v) is 5.79. The van der Waals surface area contributed by atoms with E-state index in [4.69, 9.17) is 0 Å². The minimum Gasteiger partial charge on any atom is -0.356 e. The van der Waals surface area contributed by atoms with E-state index >= 15 is 0 Å². The van der Waals surface area contributed by atoms with Crippen LogP contribution in [0.5, 0.6) is 0 Å². The molecule has 1 N–H and O–H groups in total. The first-order valence-corrected chi connectivity index (χ1v) is 8.07. The zero-order valence-electron chi connectivity index (χ0n) is 13.1. The fourth-order valence-corrected chi connectivity index (χ4v) is 2.89. The Morgan fingerprint density at radius 1 is 1.30 bits per heavy atom. The van der Waals surface area contributed by atoms with Crippen molar-refractivity contribution in [2.24, 2.45) is 5.92 Å². The third-order valence-corrected chi connectivity index (χ3v) is 4.12. The van der Waals surface area contributed by atoms with E-state index in [-0.39, 0.29) is 11.8 Å². The van der Waals surface area contributed by atoms with Crippen LogP contribution < -0.4 is 10.2 Å². The maximum atomic E-state index is 12.3. The number of aryl methyl sites for hydroxylation is 1. The predicted molar refractivity (Wildman–Crippen MR) is 86.8 cm³/mol. The molecule has 122 valence electrons. The first-order valence-electron chi connectivity index (χ1n) is 8.07. The molecule has 0 aliphatic carbocycles. The summed E-state index contributed by atoms with van der Waals surface area (Å²) in [7, 11) is 0. The summed E-state index contributed by atoms with van der Waals surface area (Å²) in [6, 6.07) is 0. The van der Waals surface area contributed by atoms with Gasteiger partial charge in [0.25, 0.3) is 0 Å². The number of aromatic nitrogens is 4. The summed E-state index contributed by atoms with van der Waals surface area (Å²) in [6.45, 7) is 3.21. The molecule has 0 aromatic carbocycles. The highest BCUT2D eigenvalue weighted by atomic mass is 16.1. The van der Waals surface area contributed by atoms with Crippen LogP contribution in [0.1, 0.15) is 19.3 Å². The van der Waals surface area contributed by atoms with Crippen molar-refractivity contribution in [2.75, 3.05) is 24.5 Å². The van der Waals surface area contributed by atoms with Gasteiger partial charge in [-0.2, -0.15) is 0 Å².